The molecule has 1 heterocycles. The van der Waals surface area contributed by atoms with Crippen LogP contribution in [0.3, 0.4) is 0 Å². The number of hydrogen-bond acceptors (Lipinski definition) is 2. The third-order valence-electron chi connectivity index (χ3n) is 1.77. The molecule has 0 saturated carbocycles. The number of aromatic nitrogens is 1. The normalized spacial score (nSPS) is 12.0. The fourth-order valence-electron chi connectivity index (χ4n) is 1.05. The number of hydrogen-bond donors (Lipinski definition) is 1. The van der Waals surface area contributed by atoms with Crippen molar-refractivity contribution >= 4 is 23.6 Å². The van der Waals surface area contributed by atoms with Crippen molar-refractivity contribution in [1.82, 2.24) is 4.98 Å². The van der Waals surface area contributed by atoms with E-state index in [0.29, 0.717) is 0 Å². The van der Waals surface area contributed by atoms with Gasteiger partial charge in [-0.15, -0.1) is 0 Å². The highest BCUT2D eigenvalue weighted by molar-refractivity contribution is 6.30. The standard InChI is InChI=1S/C10H7ClF3NO2/c11-9-7(10(12,13)14)4-6(5-15-9)2-1-3-8(16)17/h1-2,4-5H,3H2,(H,16,17). The molecule has 0 aliphatic carbocycles. The van der Waals surface area contributed by atoms with Gasteiger partial charge in [-0.05, 0) is 11.6 Å². The molecule has 0 bridgehead atoms. The van der Waals surface area contributed by atoms with Crippen LogP contribution >= 0.6 is 11.6 Å². The van der Waals surface area contributed by atoms with Crippen LogP contribution in [0.1, 0.15) is 17.5 Å². The Morgan fingerprint density at radius 3 is 2.71 bits per heavy atom. The van der Waals surface area contributed by atoms with Crippen LogP contribution in [-0.4, -0.2) is 16.1 Å². The molecule has 0 saturated heterocycles. The molecule has 0 radical (unpaired) electrons. The van der Waals surface area contributed by atoms with E-state index in [1.807, 2.05) is 0 Å². The Kier molecular flexibility index (Phi) is 4.11. The number of carbonyl (C=O) groups is 1. The molecule has 0 aliphatic heterocycles. The fraction of sp³-hybridized carbons (Fsp3) is 0.200. The molecule has 17 heavy (non-hydrogen) atoms. The number of carboxylic acid groups (broad SMARTS) is 1. The van der Waals surface area contributed by atoms with Crippen molar-refractivity contribution < 1.29 is 23.1 Å². The zero-order chi connectivity index (χ0) is 13.1. The minimum atomic E-state index is -4.58. The first-order valence-electron chi connectivity index (χ1n) is 4.42. The van der Waals surface area contributed by atoms with Gasteiger partial charge in [-0.1, -0.05) is 23.8 Å². The molecule has 1 aromatic heterocycles. The molecule has 0 aliphatic rings. The first kappa shape index (κ1) is 13.5. The molecule has 7 heteroatoms. The largest absolute Gasteiger partial charge is 0.481 e. The van der Waals surface area contributed by atoms with Gasteiger partial charge in [0.2, 0.25) is 0 Å². The van der Waals surface area contributed by atoms with E-state index in [1.54, 1.807) is 0 Å². The van der Waals surface area contributed by atoms with Gasteiger partial charge in [-0.3, -0.25) is 4.79 Å². The summed E-state index contributed by atoms with van der Waals surface area (Å²) in [4.78, 5) is 13.6. The highest BCUT2D eigenvalue weighted by atomic mass is 35.5. The number of pyridine rings is 1. The maximum atomic E-state index is 12.4. The molecule has 1 rings (SSSR count). The summed E-state index contributed by atoms with van der Waals surface area (Å²) < 4.78 is 37.3. The average molecular weight is 266 g/mol. The number of carboxylic acids is 1. The van der Waals surface area contributed by atoms with Gasteiger partial charge in [-0.25, -0.2) is 4.98 Å². The lowest BCUT2D eigenvalue weighted by atomic mass is 10.2. The van der Waals surface area contributed by atoms with E-state index in [0.717, 1.165) is 12.3 Å². The fourth-order valence-corrected chi connectivity index (χ4v) is 1.26. The van der Waals surface area contributed by atoms with Crippen molar-refractivity contribution in [1.29, 1.82) is 0 Å². The van der Waals surface area contributed by atoms with Gasteiger partial charge in [-0.2, -0.15) is 13.2 Å². The summed E-state index contributed by atoms with van der Waals surface area (Å²) in [6.07, 6.45) is -1.25. The van der Waals surface area contributed by atoms with Gasteiger partial charge in [0, 0.05) is 6.20 Å². The molecule has 0 atom stereocenters. The Bertz CT molecular complexity index is 457. The van der Waals surface area contributed by atoms with Crippen LogP contribution in [0.5, 0.6) is 0 Å². The molecule has 0 unspecified atom stereocenters. The lowest BCUT2D eigenvalue weighted by molar-refractivity contribution is -0.138. The van der Waals surface area contributed by atoms with E-state index in [-0.39, 0.29) is 12.0 Å². The van der Waals surface area contributed by atoms with E-state index in [2.05, 4.69) is 4.98 Å². The van der Waals surface area contributed by atoms with Crippen molar-refractivity contribution in [2.45, 2.75) is 12.6 Å². The zero-order valence-electron chi connectivity index (χ0n) is 8.33. The lowest BCUT2D eigenvalue weighted by Crippen LogP contribution is -2.07. The van der Waals surface area contributed by atoms with Crippen LogP contribution in [0.4, 0.5) is 13.2 Å². The average Bonchev–Trinajstić information content (AvgIpc) is 2.18. The second-order valence-corrected chi connectivity index (χ2v) is 3.46. The van der Waals surface area contributed by atoms with Crippen LogP contribution in [0, 0.1) is 0 Å². The third-order valence-corrected chi connectivity index (χ3v) is 2.07. The Labute approximate surface area is 99.5 Å². The number of nitrogens with zero attached hydrogens (tertiary/aromatic N) is 1. The predicted octanol–water partition coefficient (Wildman–Crippen LogP) is 3.24. The van der Waals surface area contributed by atoms with E-state index in [1.165, 1.54) is 12.2 Å². The van der Waals surface area contributed by atoms with E-state index in [9.17, 15) is 18.0 Å². The van der Waals surface area contributed by atoms with Crippen LogP contribution in [0.25, 0.3) is 6.08 Å². The summed E-state index contributed by atoms with van der Waals surface area (Å²) in [5.41, 5.74) is -0.903. The summed E-state index contributed by atoms with van der Waals surface area (Å²) in [6.45, 7) is 0. The van der Waals surface area contributed by atoms with Crippen LogP contribution in [0.15, 0.2) is 18.3 Å². The maximum Gasteiger partial charge on any atom is 0.419 e. The Morgan fingerprint density at radius 1 is 1.53 bits per heavy atom. The Morgan fingerprint density at radius 2 is 2.18 bits per heavy atom. The molecular weight excluding hydrogens is 259 g/mol. The second kappa shape index (κ2) is 5.18. The Balaban J connectivity index is 2.97. The van der Waals surface area contributed by atoms with Gasteiger partial charge in [0.25, 0.3) is 0 Å². The number of alkyl halides is 3. The smallest absolute Gasteiger partial charge is 0.419 e. The summed E-state index contributed by atoms with van der Waals surface area (Å²) in [6, 6.07) is 0.813. The van der Waals surface area contributed by atoms with Crippen molar-refractivity contribution in [3.63, 3.8) is 0 Å². The molecule has 0 spiro atoms. The molecule has 1 N–H and O–H groups in total. The van der Waals surface area contributed by atoms with Crippen molar-refractivity contribution in [3.05, 3.63) is 34.6 Å². The first-order valence-corrected chi connectivity index (χ1v) is 4.79. The van der Waals surface area contributed by atoms with Gasteiger partial charge in [0.05, 0.1) is 12.0 Å². The molecular formula is C10H7ClF3NO2. The SMILES string of the molecule is O=C(O)CC=Cc1cnc(Cl)c(C(F)(F)F)c1. The first-order chi connectivity index (χ1) is 7.80. The summed E-state index contributed by atoms with van der Waals surface area (Å²) >= 11 is 5.32. The highest BCUT2D eigenvalue weighted by Gasteiger charge is 2.33. The lowest BCUT2D eigenvalue weighted by Gasteiger charge is -2.08. The minimum absolute atomic E-state index is 0.142. The summed E-state index contributed by atoms with van der Waals surface area (Å²) in [7, 11) is 0. The summed E-state index contributed by atoms with van der Waals surface area (Å²) in [5, 5.41) is 7.72. The number of rotatable bonds is 3. The monoisotopic (exact) mass is 265 g/mol. The summed E-state index contributed by atoms with van der Waals surface area (Å²) in [5.74, 6) is -1.07. The van der Waals surface area contributed by atoms with Crippen LogP contribution < -0.4 is 0 Å². The Hall–Kier alpha value is -1.56. The molecule has 92 valence electrons. The predicted molar refractivity (Wildman–Crippen MR) is 55.5 cm³/mol. The number of halogens is 4. The topological polar surface area (TPSA) is 50.2 Å². The zero-order valence-corrected chi connectivity index (χ0v) is 9.09. The van der Waals surface area contributed by atoms with Gasteiger partial charge < -0.3 is 5.11 Å². The third kappa shape index (κ3) is 4.07. The van der Waals surface area contributed by atoms with E-state index in [4.69, 9.17) is 16.7 Å². The highest BCUT2D eigenvalue weighted by Crippen LogP contribution is 2.34. The minimum Gasteiger partial charge on any atom is -0.481 e. The van der Waals surface area contributed by atoms with Gasteiger partial charge >= 0.3 is 12.1 Å². The number of aliphatic carboxylic acids is 1. The quantitative estimate of drug-likeness (QED) is 0.854. The maximum absolute atomic E-state index is 12.4. The molecule has 0 aromatic carbocycles. The van der Waals surface area contributed by atoms with E-state index >= 15 is 0 Å². The molecule has 0 fully saturated rings. The molecule has 3 nitrogen and oxygen atoms in total. The van der Waals surface area contributed by atoms with Crippen LogP contribution in [0.2, 0.25) is 5.15 Å². The van der Waals surface area contributed by atoms with Gasteiger partial charge in [0.1, 0.15) is 5.15 Å². The second-order valence-electron chi connectivity index (χ2n) is 3.11. The molecule has 0 amide bonds. The van der Waals surface area contributed by atoms with E-state index < -0.39 is 22.9 Å². The van der Waals surface area contributed by atoms with Crippen molar-refractivity contribution in [2.24, 2.45) is 0 Å². The van der Waals surface area contributed by atoms with Crippen molar-refractivity contribution in [2.75, 3.05) is 0 Å². The van der Waals surface area contributed by atoms with Crippen molar-refractivity contribution in [3.8, 4) is 0 Å². The molecule has 1 aromatic rings. The van der Waals surface area contributed by atoms with Crippen LogP contribution in [-0.2, 0) is 11.0 Å². The van der Waals surface area contributed by atoms with Gasteiger partial charge in [0.15, 0.2) is 0 Å².